The number of allylic oxidation sites excluding steroid dienone is 4. The number of halogens is 1. The number of imidazole rings is 1. The summed E-state index contributed by atoms with van der Waals surface area (Å²) in [6.45, 7) is 4.01. The number of hydrogen-bond acceptors (Lipinski definition) is 3. The predicted octanol–water partition coefficient (Wildman–Crippen LogP) is 4.74. The first kappa shape index (κ1) is 19.9. The summed E-state index contributed by atoms with van der Waals surface area (Å²) in [5, 5.41) is 3.51. The molecule has 152 valence electrons. The first-order valence-electron chi connectivity index (χ1n) is 10.1. The fourth-order valence-corrected chi connectivity index (χ4v) is 4.30. The molecule has 0 radical (unpaired) electrons. The highest BCUT2D eigenvalue weighted by Crippen LogP contribution is 2.33. The fourth-order valence-electron chi connectivity index (χ4n) is 3.97. The molecule has 6 heteroatoms. The van der Waals surface area contributed by atoms with Crippen LogP contribution in [0, 0.1) is 17.5 Å². The van der Waals surface area contributed by atoms with E-state index >= 15 is 0 Å². The summed E-state index contributed by atoms with van der Waals surface area (Å²) >= 11 is 5.53. The third kappa shape index (κ3) is 4.60. The number of benzene rings is 1. The minimum atomic E-state index is -0.280. The maximum Gasteiger partial charge on any atom is 0.177 e. The number of nitrogens with one attached hydrogen (secondary N) is 2. The lowest BCUT2D eigenvalue weighted by Gasteiger charge is -2.28. The van der Waals surface area contributed by atoms with Gasteiger partial charge >= 0.3 is 0 Å². The van der Waals surface area contributed by atoms with Crippen LogP contribution in [-0.4, -0.2) is 29.2 Å². The summed E-state index contributed by atoms with van der Waals surface area (Å²) in [4.78, 5) is 3.17. The number of hydrogen-bond donors (Lipinski definition) is 2. The van der Waals surface area contributed by atoms with Crippen molar-refractivity contribution < 1.29 is 9.13 Å². The number of H-pyrrole nitrogens is 1. The first-order valence-corrected chi connectivity index (χ1v) is 10.5. The van der Waals surface area contributed by atoms with Crippen molar-refractivity contribution in [2.24, 2.45) is 0 Å². The molecule has 2 N–H and O–H groups in total. The molecule has 2 aliphatic rings. The van der Waals surface area contributed by atoms with E-state index in [9.17, 15) is 4.39 Å². The van der Waals surface area contributed by atoms with Gasteiger partial charge in [-0.1, -0.05) is 36.4 Å². The van der Waals surface area contributed by atoms with Crippen LogP contribution in [0.5, 0.6) is 5.75 Å². The Labute approximate surface area is 175 Å². The Morgan fingerprint density at radius 3 is 3.14 bits per heavy atom. The zero-order valence-electron chi connectivity index (χ0n) is 16.6. The van der Waals surface area contributed by atoms with E-state index < -0.39 is 0 Å². The van der Waals surface area contributed by atoms with Crippen LogP contribution in [0.15, 0.2) is 54.3 Å². The van der Waals surface area contributed by atoms with E-state index in [4.69, 9.17) is 17.0 Å². The van der Waals surface area contributed by atoms with Crippen LogP contribution in [-0.2, 0) is 12.8 Å². The van der Waals surface area contributed by atoms with Crippen LogP contribution in [0.3, 0.4) is 0 Å². The van der Waals surface area contributed by atoms with Gasteiger partial charge in [0.25, 0.3) is 0 Å². The van der Waals surface area contributed by atoms with Gasteiger partial charge in [0.15, 0.2) is 16.3 Å². The van der Waals surface area contributed by atoms with E-state index in [1.54, 1.807) is 0 Å². The SMILES string of the molecule is Cc1cc(F)c2c(c1)CC(n1c(CCNCC3=CC=CCC=C3)c[nH]c1=S)CO2. The number of rotatable bonds is 6. The second-order valence-electron chi connectivity index (χ2n) is 7.59. The molecule has 1 atom stereocenters. The Bertz CT molecular complexity index is 1030. The van der Waals surface area contributed by atoms with Gasteiger partial charge in [0.05, 0.1) is 6.04 Å². The van der Waals surface area contributed by atoms with Gasteiger partial charge in [0.2, 0.25) is 0 Å². The van der Waals surface area contributed by atoms with E-state index in [2.05, 4.69) is 45.2 Å². The lowest BCUT2D eigenvalue weighted by molar-refractivity contribution is 0.211. The smallest absolute Gasteiger partial charge is 0.177 e. The average Bonchev–Trinajstić information content (AvgIpc) is 2.89. The van der Waals surface area contributed by atoms with Crippen molar-refractivity contribution in [3.05, 3.63) is 81.7 Å². The lowest BCUT2D eigenvalue weighted by atomic mass is 10.00. The van der Waals surface area contributed by atoms with Gasteiger partial charge in [0.1, 0.15) is 6.61 Å². The molecule has 2 heterocycles. The zero-order chi connectivity index (χ0) is 20.2. The average molecular weight is 412 g/mol. The maximum absolute atomic E-state index is 14.2. The minimum Gasteiger partial charge on any atom is -0.488 e. The summed E-state index contributed by atoms with van der Waals surface area (Å²) in [7, 11) is 0. The second-order valence-corrected chi connectivity index (χ2v) is 7.98. The lowest BCUT2D eigenvalue weighted by Crippen LogP contribution is -2.27. The molecule has 1 aromatic carbocycles. The van der Waals surface area contributed by atoms with Gasteiger partial charge in [-0.25, -0.2) is 4.39 Å². The first-order chi connectivity index (χ1) is 14.1. The number of aromatic nitrogens is 2. The van der Waals surface area contributed by atoms with Gasteiger partial charge < -0.3 is 19.6 Å². The van der Waals surface area contributed by atoms with Crippen molar-refractivity contribution in [3.63, 3.8) is 0 Å². The molecule has 1 aromatic heterocycles. The number of fused-ring (bicyclic) bond motifs is 1. The third-order valence-corrected chi connectivity index (χ3v) is 5.65. The molecule has 0 spiro atoms. The molecule has 1 aliphatic heterocycles. The van der Waals surface area contributed by atoms with Gasteiger partial charge in [0, 0.05) is 37.8 Å². The molecule has 4 nitrogen and oxygen atoms in total. The van der Waals surface area contributed by atoms with Crippen molar-refractivity contribution in [1.82, 2.24) is 14.9 Å². The molecule has 0 saturated heterocycles. The molecule has 29 heavy (non-hydrogen) atoms. The van der Waals surface area contributed by atoms with Gasteiger partial charge in [-0.05, 0) is 48.3 Å². The molecule has 0 fully saturated rings. The Morgan fingerprint density at radius 2 is 2.24 bits per heavy atom. The Balaban J connectivity index is 1.42. The third-order valence-electron chi connectivity index (χ3n) is 5.33. The molecule has 0 bridgehead atoms. The number of aryl methyl sites for hydroxylation is 1. The summed E-state index contributed by atoms with van der Waals surface area (Å²) < 4.78 is 22.8. The summed E-state index contributed by atoms with van der Waals surface area (Å²) in [5.74, 6) is 0.105. The highest BCUT2D eigenvalue weighted by molar-refractivity contribution is 7.71. The fraction of sp³-hybridized carbons (Fsp3) is 0.348. The molecule has 4 rings (SSSR count). The molecular formula is C23H26FN3OS. The Morgan fingerprint density at radius 1 is 1.34 bits per heavy atom. The highest BCUT2D eigenvalue weighted by Gasteiger charge is 2.26. The normalized spacial score (nSPS) is 18.1. The molecule has 2 aromatic rings. The molecule has 1 unspecified atom stereocenters. The van der Waals surface area contributed by atoms with E-state index in [1.807, 2.05) is 19.2 Å². The second kappa shape index (κ2) is 8.93. The minimum absolute atomic E-state index is 0.0649. The topological polar surface area (TPSA) is 42.0 Å². The van der Waals surface area contributed by atoms with Crippen molar-refractivity contribution in [2.45, 2.75) is 32.2 Å². The van der Waals surface area contributed by atoms with Crippen LogP contribution in [0.1, 0.15) is 29.3 Å². The van der Waals surface area contributed by atoms with E-state index in [0.29, 0.717) is 23.5 Å². The van der Waals surface area contributed by atoms with E-state index in [1.165, 1.54) is 11.6 Å². The predicted molar refractivity (Wildman–Crippen MR) is 117 cm³/mol. The number of ether oxygens (including phenoxy) is 1. The Hall–Kier alpha value is -2.44. The standard InChI is InChI=1S/C23H26FN3OS/c1-16-10-18-12-20(15-28-22(18)21(24)11-16)27-19(14-26-23(27)29)8-9-25-13-17-6-4-2-3-5-7-17/h2,4-7,10-11,14,20,25H,3,8-9,12-13,15H2,1H3,(H,26,29). The highest BCUT2D eigenvalue weighted by atomic mass is 32.1. The van der Waals surface area contributed by atoms with Crippen LogP contribution < -0.4 is 10.1 Å². The largest absolute Gasteiger partial charge is 0.488 e. The number of nitrogens with zero attached hydrogens (tertiary/aromatic N) is 1. The maximum atomic E-state index is 14.2. The van der Waals surface area contributed by atoms with Crippen molar-refractivity contribution in [1.29, 1.82) is 0 Å². The molecular weight excluding hydrogens is 385 g/mol. The zero-order valence-corrected chi connectivity index (χ0v) is 17.4. The van der Waals surface area contributed by atoms with Gasteiger partial charge in [-0.15, -0.1) is 0 Å². The van der Waals surface area contributed by atoms with Gasteiger partial charge in [-0.3, -0.25) is 0 Å². The quantitative estimate of drug-likeness (QED) is 0.533. The Kier molecular flexibility index (Phi) is 6.11. The van der Waals surface area contributed by atoms with Crippen molar-refractivity contribution in [2.75, 3.05) is 19.7 Å². The van der Waals surface area contributed by atoms with Crippen LogP contribution >= 0.6 is 12.2 Å². The van der Waals surface area contributed by atoms with Crippen LogP contribution in [0.4, 0.5) is 4.39 Å². The summed E-state index contributed by atoms with van der Waals surface area (Å²) in [6.07, 6.45) is 15.3. The van der Waals surface area contributed by atoms with Crippen molar-refractivity contribution in [3.8, 4) is 5.75 Å². The van der Waals surface area contributed by atoms with E-state index in [-0.39, 0.29) is 11.9 Å². The number of aromatic amines is 1. The summed E-state index contributed by atoms with van der Waals surface area (Å²) in [6, 6.07) is 3.59. The van der Waals surface area contributed by atoms with Crippen LogP contribution in [0.2, 0.25) is 0 Å². The van der Waals surface area contributed by atoms with Crippen LogP contribution in [0.25, 0.3) is 0 Å². The molecule has 1 aliphatic carbocycles. The molecule has 0 amide bonds. The monoisotopic (exact) mass is 411 g/mol. The van der Waals surface area contributed by atoms with E-state index in [0.717, 1.165) is 42.8 Å². The summed E-state index contributed by atoms with van der Waals surface area (Å²) in [5.41, 5.74) is 4.23. The molecule has 0 saturated carbocycles. The van der Waals surface area contributed by atoms with Gasteiger partial charge in [-0.2, -0.15) is 0 Å². The van der Waals surface area contributed by atoms with Crippen molar-refractivity contribution >= 4 is 12.2 Å².